The van der Waals surface area contributed by atoms with Crippen LogP contribution in [0.1, 0.15) is 26.3 Å². The third-order valence-corrected chi connectivity index (χ3v) is 2.91. The van der Waals surface area contributed by atoms with Crippen molar-refractivity contribution < 1.29 is 19.8 Å². The largest absolute Gasteiger partial charge is 0.478 e. The van der Waals surface area contributed by atoms with Crippen molar-refractivity contribution in [3.63, 3.8) is 0 Å². The number of aryl methyl sites for hydroxylation is 1. The molecule has 2 aromatic carbocycles. The van der Waals surface area contributed by atoms with Gasteiger partial charge in [-0.05, 0) is 36.8 Å². The van der Waals surface area contributed by atoms with Crippen molar-refractivity contribution in [2.75, 3.05) is 5.32 Å². The van der Waals surface area contributed by atoms with E-state index >= 15 is 0 Å². The molecule has 0 atom stereocenters. The summed E-state index contributed by atoms with van der Waals surface area (Å²) in [6.07, 6.45) is 0. The minimum atomic E-state index is -1.04. The fourth-order valence-corrected chi connectivity index (χ4v) is 1.81. The number of para-hydroxylation sites is 1. The van der Waals surface area contributed by atoms with E-state index in [1.165, 1.54) is 18.2 Å². The Kier molecular flexibility index (Phi) is 3.70. The van der Waals surface area contributed by atoms with E-state index in [1.54, 1.807) is 24.3 Å². The van der Waals surface area contributed by atoms with Crippen molar-refractivity contribution in [3.05, 3.63) is 59.2 Å². The highest BCUT2D eigenvalue weighted by atomic mass is 16.4. The zero-order valence-electron chi connectivity index (χ0n) is 10.8. The van der Waals surface area contributed by atoms with Crippen molar-refractivity contribution in [3.8, 4) is 0 Å². The molecule has 0 bridgehead atoms. The van der Waals surface area contributed by atoms with Crippen molar-refractivity contribution >= 4 is 23.3 Å². The fraction of sp³-hybridized carbons (Fsp3) is 0.0667. The van der Waals surface area contributed by atoms with Crippen LogP contribution in [0.2, 0.25) is 0 Å². The summed E-state index contributed by atoms with van der Waals surface area (Å²) in [5.41, 5.74) is 2.10. The molecule has 0 saturated carbocycles. The van der Waals surface area contributed by atoms with Gasteiger partial charge in [0.15, 0.2) is 0 Å². The number of hydrogen-bond donors (Lipinski definition) is 3. The monoisotopic (exact) mass is 271 g/mol. The normalized spacial score (nSPS) is 10.1. The minimum Gasteiger partial charge on any atom is -0.478 e. The predicted molar refractivity (Wildman–Crippen MR) is 74.8 cm³/mol. The lowest BCUT2D eigenvalue weighted by molar-refractivity contribution is 0.0686. The molecule has 102 valence electrons. The molecule has 0 aliphatic carbocycles. The number of aromatic carboxylic acids is 2. The van der Waals surface area contributed by atoms with Gasteiger partial charge in [0.25, 0.3) is 0 Å². The molecular formula is C15H13NO4. The number of nitrogens with one attached hydrogen (secondary N) is 1. The predicted octanol–water partition coefficient (Wildman–Crippen LogP) is 3.14. The number of hydrogen-bond acceptors (Lipinski definition) is 3. The molecule has 0 unspecified atom stereocenters. The topological polar surface area (TPSA) is 86.6 Å². The van der Waals surface area contributed by atoms with Gasteiger partial charge in [-0.2, -0.15) is 0 Å². The number of carboxylic acids is 2. The zero-order chi connectivity index (χ0) is 14.7. The molecule has 2 rings (SSSR count). The summed E-state index contributed by atoms with van der Waals surface area (Å²) in [6, 6.07) is 11.1. The van der Waals surface area contributed by atoms with Crippen molar-refractivity contribution in [1.29, 1.82) is 0 Å². The average molecular weight is 271 g/mol. The maximum absolute atomic E-state index is 11.1. The molecule has 0 amide bonds. The second-order valence-corrected chi connectivity index (χ2v) is 4.31. The van der Waals surface area contributed by atoms with Crippen LogP contribution in [0.3, 0.4) is 0 Å². The van der Waals surface area contributed by atoms with Crippen LogP contribution in [0.4, 0.5) is 11.4 Å². The molecule has 0 heterocycles. The first-order valence-corrected chi connectivity index (χ1v) is 5.92. The van der Waals surface area contributed by atoms with Gasteiger partial charge < -0.3 is 15.5 Å². The van der Waals surface area contributed by atoms with E-state index in [9.17, 15) is 9.59 Å². The van der Waals surface area contributed by atoms with Crippen LogP contribution in [0.25, 0.3) is 0 Å². The number of benzene rings is 2. The molecule has 0 fully saturated rings. The van der Waals surface area contributed by atoms with Crippen LogP contribution >= 0.6 is 0 Å². The first kappa shape index (κ1) is 13.6. The molecule has 5 nitrogen and oxygen atoms in total. The van der Waals surface area contributed by atoms with Crippen LogP contribution in [-0.4, -0.2) is 22.2 Å². The third kappa shape index (κ3) is 2.77. The Hall–Kier alpha value is -2.82. The van der Waals surface area contributed by atoms with E-state index in [-0.39, 0.29) is 11.1 Å². The summed E-state index contributed by atoms with van der Waals surface area (Å²) in [6.45, 7) is 1.82. The number of anilines is 2. The first-order valence-electron chi connectivity index (χ1n) is 5.92. The van der Waals surface area contributed by atoms with E-state index < -0.39 is 11.9 Å². The molecule has 0 radical (unpaired) electrons. The molecule has 20 heavy (non-hydrogen) atoms. The van der Waals surface area contributed by atoms with Crippen molar-refractivity contribution in [1.82, 2.24) is 0 Å². The quantitative estimate of drug-likeness (QED) is 0.795. The van der Waals surface area contributed by atoms with Gasteiger partial charge in [-0.1, -0.05) is 18.2 Å². The maximum atomic E-state index is 11.1. The summed E-state index contributed by atoms with van der Waals surface area (Å²) in [7, 11) is 0. The maximum Gasteiger partial charge on any atom is 0.337 e. The molecule has 2 aromatic rings. The molecular weight excluding hydrogens is 258 g/mol. The smallest absolute Gasteiger partial charge is 0.337 e. The standard InChI is InChI=1S/C15H13NO4/c1-9-6-7-10(14(17)18)8-13(9)16-12-5-3-2-4-11(12)15(19)20/h2-8,16H,1H3,(H,17,18)(H,19,20). The molecule has 0 aromatic heterocycles. The lowest BCUT2D eigenvalue weighted by Gasteiger charge is -2.12. The highest BCUT2D eigenvalue weighted by Crippen LogP contribution is 2.24. The molecule has 5 heteroatoms. The zero-order valence-corrected chi connectivity index (χ0v) is 10.8. The molecule has 0 aliphatic heterocycles. The summed E-state index contributed by atoms with van der Waals surface area (Å²) in [4.78, 5) is 22.1. The molecule has 0 aliphatic rings. The summed E-state index contributed by atoms with van der Waals surface area (Å²) < 4.78 is 0. The Morgan fingerprint density at radius 2 is 1.65 bits per heavy atom. The van der Waals surface area contributed by atoms with Crippen molar-refractivity contribution in [2.45, 2.75) is 6.92 Å². The first-order chi connectivity index (χ1) is 9.49. The summed E-state index contributed by atoms with van der Waals surface area (Å²) in [5.74, 6) is -2.07. The summed E-state index contributed by atoms with van der Waals surface area (Å²) in [5, 5.41) is 21.1. The van der Waals surface area contributed by atoms with E-state index in [0.29, 0.717) is 11.4 Å². The molecule has 0 saturated heterocycles. The van der Waals surface area contributed by atoms with E-state index in [2.05, 4.69) is 5.32 Å². The van der Waals surface area contributed by atoms with Gasteiger partial charge in [-0.15, -0.1) is 0 Å². The second kappa shape index (κ2) is 5.44. The van der Waals surface area contributed by atoms with Crippen molar-refractivity contribution in [2.24, 2.45) is 0 Å². The fourth-order valence-electron chi connectivity index (χ4n) is 1.81. The SMILES string of the molecule is Cc1ccc(C(=O)O)cc1Nc1ccccc1C(=O)O. The Morgan fingerprint density at radius 3 is 2.30 bits per heavy atom. The lowest BCUT2D eigenvalue weighted by atomic mass is 10.1. The average Bonchev–Trinajstić information content (AvgIpc) is 2.41. The highest BCUT2D eigenvalue weighted by Gasteiger charge is 2.11. The van der Waals surface area contributed by atoms with Gasteiger partial charge in [0.05, 0.1) is 16.8 Å². The van der Waals surface area contributed by atoms with Crippen LogP contribution in [-0.2, 0) is 0 Å². The van der Waals surface area contributed by atoms with E-state index in [1.807, 2.05) is 6.92 Å². The van der Waals surface area contributed by atoms with Crippen LogP contribution in [0.15, 0.2) is 42.5 Å². The molecule has 3 N–H and O–H groups in total. The minimum absolute atomic E-state index is 0.132. The number of rotatable bonds is 4. The highest BCUT2D eigenvalue weighted by molar-refractivity contribution is 5.95. The van der Waals surface area contributed by atoms with Gasteiger partial charge >= 0.3 is 11.9 Å². The summed E-state index contributed by atoms with van der Waals surface area (Å²) >= 11 is 0. The van der Waals surface area contributed by atoms with Crippen LogP contribution in [0, 0.1) is 6.92 Å². The Morgan fingerprint density at radius 1 is 0.950 bits per heavy atom. The van der Waals surface area contributed by atoms with Gasteiger partial charge in [-0.3, -0.25) is 0 Å². The van der Waals surface area contributed by atoms with E-state index in [4.69, 9.17) is 10.2 Å². The number of carbonyl (C=O) groups is 2. The van der Waals surface area contributed by atoms with Gasteiger partial charge in [0.2, 0.25) is 0 Å². The van der Waals surface area contributed by atoms with Gasteiger partial charge in [-0.25, -0.2) is 9.59 Å². The van der Waals surface area contributed by atoms with Gasteiger partial charge in [0.1, 0.15) is 0 Å². The Balaban J connectivity index is 2.42. The third-order valence-electron chi connectivity index (χ3n) is 2.91. The van der Waals surface area contributed by atoms with Gasteiger partial charge in [0, 0.05) is 5.69 Å². The van der Waals surface area contributed by atoms with Crippen LogP contribution in [0.5, 0.6) is 0 Å². The lowest BCUT2D eigenvalue weighted by Crippen LogP contribution is -2.04. The van der Waals surface area contributed by atoms with Crippen LogP contribution < -0.4 is 5.32 Å². The van der Waals surface area contributed by atoms with E-state index in [0.717, 1.165) is 5.56 Å². The second-order valence-electron chi connectivity index (χ2n) is 4.31. The Labute approximate surface area is 115 Å². The molecule has 0 spiro atoms. The Bertz CT molecular complexity index is 679. The number of carboxylic acid groups (broad SMARTS) is 2.